The van der Waals surface area contributed by atoms with Crippen molar-refractivity contribution in [2.24, 2.45) is 0 Å². The van der Waals surface area contributed by atoms with Gasteiger partial charge in [-0.3, -0.25) is 9.69 Å². The van der Waals surface area contributed by atoms with Crippen LogP contribution in [-0.2, 0) is 4.74 Å². The van der Waals surface area contributed by atoms with Gasteiger partial charge in [0.05, 0.1) is 23.9 Å². The predicted octanol–water partition coefficient (Wildman–Crippen LogP) is 3.14. The largest absolute Gasteiger partial charge is 0.462 e. The Balaban J connectivity index is 1.37. The Morgan fingerprint density at radius 2 is 1.79 bits per heavy atom. The maximum absolute atomic E-state index is 13.0. The van der Waals surface area contributed by atoms with E-state index < -0.39 is 5.97 Å². The first-order valence-corrected chi connectivity index (χ1v) is 11.0. The molecule has 0 spiro atoms. The molecule has 3 aromatic rings. The monoisotopic (exact) mass is 449 g/mol. The van der Waals surface area contributed by atoms with Crippen molar-refractivity contribution in [3.63, 3.8) is 0 Å². The number of nitrogens with zero attached hydrogens (tertiary/aromatic N) is 5. The topological polar surface area (TPSA) is 102 Å². The van der Waals surface area contributed by atoms with Gasteiger partial charge < -0.3 is 14.2 Å². The van der Waals surface area contributed by atoms with Crippen LogP contribution in [0.2, 0.25) is 0 Å². The highest BCUT2D eigenvalue weighted by atomic mass is 16.5. The number of carbonyl (C=O) groups excluding carboxylic acids is 2. The highest BCUT2D eigenvalue weighted by Crippen LogP contribution is 2.24. The van der Waals surface area contributed by atoms with Crippen molar-refractivity contribution in [1.29, 1.82) is 0 Å². The molecule has 1 aliphatic rings. The summed E-state index contributed by atoms with van der Waals surface area (Å²) in [7, 11) is 0. The first-order chi connectivity index (χ1) is 16.0. The molecule has 0 radical (unpaired) electrons. The molecule has 172 valence electrons. The first kappa shape index (κ1) is 22.6. The molecule has 9 heteroatoms. The van der Waals surface area contributed by atoms with Crippen LogP contribution in [0.3, 0.4) is 0 Å². The van der Waals surface area contributed by atoms with Gasteiger partial charge in [-0.2, -0.15) is 4.98 Å². The second-order valence-electron chi connectivity index (χ2n) is 7.88. The van der Waals surface area contributed by atoms with E-state index in [4.69, 9.17) is 9.26 Å². The van der Waals surface area contributed by atoms with Gasteiger partial charge in [-0.05, 0) is 32.9 Å². The second kappa shape index (κ2) is 9.91. The number of esters is 1. The van der Waals surface area contributed by atoms with Crippen LogP contribution in [0.1, 0.15) is 52.3 Å². The fourth-order valence-corrected chi connectivity index (χ4v) is 3.84. The molecule has 1 aromatic carbocycles. The van der Waals surface area contributed by atoms with Crippen molar-refractivity contribution in [2.45, 2.75) is 26.8 Å². The molecule has 0 saturated carbocycles. The van der Waals surface area contributed by atoms with Gasteiger partial charge in [0.25, 0.3) is 5.91 Å². The SMILES string of the molecule is CCOC(=O)c1ccc(C(=O)N2CCN(C(C)c3nc(-c4ccccc4)no3)CC2)nc1C. The van der Waals surface area contributed by atoms with E-state index in [1.54, 1.807) is 30.9 Å². The Labute approximate surface area is 192 Å². The standard InChI is InChI=1S/C24H27N5O4/c1-4-32-24(31)19-10-11-20(25-16(19)2)23(30)29-14-12-28(13-15-29)17(3)22-26-21(27-33-22)18-8-6-5-7-9-18/h5-11,17H,4,12-15H2,1-3H3. The van der Waals surface area contributed by atoms with Gasteiger partial charge in [0.1, 0.15) is 5.69 Å². The van der Waals surface area contributed by atoms with Gasteiger partial charge in [0, 0.05) is 31.7 Å². The quantitative estimate of drug-likeness (QED) is 0.529. The first-order valence-electron chi connectivity index (χ1n) is 11.0. The fourth-order valence-electron chi connectivity index (χ4n) is 3.84. The normalized spacial score (nSPS) is 15.3. The van der Waals surface area contributed by atoms with E-state index in [1.165, 1.54) is 0 Å². The van der Waals surface area contributed by atoms with Gasteiger partial charge in [0.2, 0.25) is 11.7 Å². The number of carbonyl (C=O) groups is 2. The number of hydrogen-bond donors (Lipinski definition) is 0. The predicted molar refractivity (Wildman–Crippen MR) is 121 cm³/mol. The Kier molecular flexibility index (Phi) is 6.79. The lowest BCUT2D eigenvalue weighted by molar-refractivity contribution is 0.0518. The summed E-state index contributed by atoms with van der Waals surface area (Å²) in [6.45, 7) is 8.24. The van der Waals surface area contributed by atoms with Crippen molar-refractivity contribution >= 4 is 11.9 Å². The molecule has 1 fully saturated rings. The Morgan fingerprint density at radius 1 is 1.06 bits per heavy atom. The Hall–Kier alpha value is -3.59. The van der Waals surface area contributed by atoms with E-state index in [0.29, 0.717) is 61.5 Å². The van der Waals surface area contributed by atoms with Crippen molar-refractivity contribution in [3.05, 3.63) is 65.3 Å². The van der Waals surface area contributed by atoms with Gasteiger partial charge >= 0.3 is 5.97 Å². The van der Waals surface area contributed by atoms with E-state index in [0.717, 1.165) is 5.56 Å². The number of pyridine rings is 1. The van der Waals surface area contributed by atoms with E-state index >= 15 is 0 Å². The maximum Gasteiger partial charge on any atom is 0.339 e. The third-order valence-corrected chi connectivity index (χ3v) is 5.78. The van der Waals surface area contributed by atoms with Crippen molar-refractivity contribution in [2.75, 3.05) is 32.8 Å². The molecule has 0 aliphatic carbocycles. The molecule has 1 saturated heterocycles. The number of ether oxygens (including phenoxy) is 1. The zero-order valence-corrected chi connectivity index (χ0v) is 19.0. The summed E-state index contributed by atoms with van der Waals surface area (Å²) < 4.78 is 10.5. The molecule has 3 heterocycles. The second-order valence-corrected chi connectivity index (χ2v) is 7.88. The number of hydrogen-bond acceptors (Lipinski definition) is 8. The molecule has 33 heavy (non-hydrogen) atoms. The summed E-state index contributed by atoms with van der Waals surface area (Å²) in [4.78, 5) is 37.8. The molecule has 2 aromatic heterocycles. The van der Waals surface area contributed by atoms with E-state index in [1.807, 2.05) is 37.3 Å². The minimum atomic E-state index is -0.430. The van der Waals surface area contributed by atoms with Crippen molar-refractivity contribution < 1.29 is 18.8 Å². The van der Waals surface area contributed by atoms with Crippen LogP contribution in [0.4, 0.5) is 0 Å². The highest BCUT2D eigenvalue weighted by Gasteiger charge is 2.29. The summed E-state index contributed by atoms with van der Waals surface area (Å²) >= 11 is 0. The summed E-state index contributed by atoms with van der Waals surface area (Å²) in [6, 6.07) is 12.8. The Bertz CT molecular complexity index is 1120. The van der Waals surface area contributed by atoms with Crippen LogP contribution < -0.4 is 0 Å². The third kappa shape index (κ3) is 4.93. The van der Waals surface area contributed by atoms with Gasteiger partial charge in [-0.1, -0.05) is 35.5 Å². The fraction of sp³-hybridized carbons (Fsp3) is 0.375. The van der Waals surface area contributed by atoms with Crippen LogP contribution in [0.5, 0.6) is 0 Å². The van der Waals surface area contributed by atoms with Crippen LogP contribution >= 0.6 is 0 Å². The lowest BCUT2D eigenvalue weighted by Crippen LogP contribution is -2.49. The molecule has 0 N–H and O–H groups in total. The lowest BCUT2D eigenvalue weighted by Gasteiger charge is -2.36. The van der Waals surface area contributed by atoms with Gasteiger partial charge in [-0.15, -0.1) is 0 Å². The average Bonchev–Trinajstić information content (AvgIpc) is 3.34. The summed E-state index contributed by atoms with van der Waals surface area (Å²) in [6.07, 6.45) is 0. The molecule has 1 atom stereocenters. The number of amides is 1. The average molecular weight is 450 g/mol. The molecular weight excluding hydrogens is 422 g/mol. The summed E-state index contributed by atoms with van der Waals surface area (Å²) in [5.74, 6) is 0.546. The number of aryl methyl sites for hydroxylation is 1. The van der Waals surface area contributed by atoms with Crippen LogP contribution in [0.25, 0.3) is 11.4 Å². The molecular formula is C24H27N5O4. The number of rotatable bonds is 6. The molecule has 1 aliphatic heterocycles. The van der Waals surface area contributed by atoms with Gasteiger partial charge in [-0.25, -0.2) is 9.78 Å². The lowest BCUT2D eigenvalue weighted by atomic mass is 10.1. The summed E-state index contributed by atoms with van der Waals surface area (Å²) in [5.41, 5.74) is 2.09. The molecule has 4 rings (SSSR count). The Morgan fingerprint density at radius 3 is 2.45 bits per heavy atom. The molecule has 0 bridgehead atoms. The number of aromatic nitrogens is 3. The van der Waals surface area contributed by atoms with Crippen LogP contribution in [0, 0.1) is 6.92 Å². The van der Waals surface area contributed by atoms with E-state index in [2.05, 4.69) is 20.0 Å². The minimum Gasteiger partial charge on any atom is -0.462 e. The molecule has 9 nitrogen and oxygen atoms in total. The van der Waals surface area contributed by atoms with E-state index in [9.17, 15) is 9.59 Å². The van der Waals surface area contributed by atoms with E-state index in [-0.39, 0.29) is 11.9 Å². The minimum absolute atomic E-state index is 0.0588. The van der Waals surface area contributed by atoms with Gasteiger partial charge in [0.15, 0.2) is 0 Å². The van der Waals surface area contributed by atoms with Crippen molar-refractivity contribution in [3.8, 4) is 11.4 Å². The molecule has 1 unspecified atom stereocenters. The van der Waals surface area contributed by atoms with Crippen molar-refractivity contribution in [1.82, 2.24) is 24.9 Å². The maximum atomic E-state index is 13.0. The van der Waals surface area contributed by atoms with Crippen LogP contribution in [-0.4, -0.2) is 69.6 Å². The highest BCUT2D eigenvalue weighted by molar-refractivity contribution is 5.95. The number of benzene rings is 1. The molecule has 1 amide bonds. The zero-order chi connectivity index (χ0) is 23.4. The summed E-state index contributed by atoms with van der Waals surface area (Å²) in [5, 5.41) is 4.11. The van der Waals surface area contributed by atoms with Crippen LogP contribution in [0.15, 0.2) is 47.0 Å². The smallest absolute Gasteiger partial charge is 0.339 e. The zero-order valence-electron chi connectivity index (χ0n) is 19.0. The third-order valence-electron chi connectivity index (χ3n) is 5.78. The number of piperazine rings is 1.